The molecule has 0 spiro atoms. The number of rotatable bonds is 35. The van der Waals surface area contributed by atoms with Crippen molar-refractivity contribution >= 4 is 11.9 Å². The van der Waals surface area contributed by atoms with Crippen LogP contribution >= 0.6 is 0 Å². The van der Waals surface area contributed by atoms with Crippen LogP contribution in [-0.4, -0.2) is 49.2 Å². The van der Waals surface area contributed by atoms with Gasteiger partial charge in [-0.25, -0.2) is 0 Å². The van der Waals surface area contributed by atoms with E-state index in [0.29, 0.717) is 19.4 Å². The maximum Gasteiger partial charge on any atom is 0.306 e. The maximum absolute atomic E-state index is 12.7. The maximum atomic E-state index is 12.7. The summed E-state index contributed by atoms with van der Waals surface area (Å²) in [6, 6.07) is 0. The number of carbonyl (C=O) groups is 2. The number of hydrogen-bond donors (Lipinski definition) is 0. The Morgan fingerprint density at radius 3 is 1.39 bits per heavy atom. The Labute approximate surface area is 275 Å². The second-order valence-corrected chi connectivity index (χ2v) is 13.3. The number of hydrogen-bond acceptors (Lipinski definition) is 5. The highest BCUT2D eigenvalue weighted by atomic mass is 16.5. The minimum absolute atomic E-state index is 0.0207. The molecule has 0 saturated carbocycles. The van der Waals surface area contributed by atoms with Gasteiger partial charge in [0.1, 0.15) is 6.10 Å². The van der Waals surface area contributed by atoms with Crippen molar-refractivity contribution in [1.82, 2.24) is 4.90 Å². The third kappa shape index (κ3) is 30.9. The van der Waals surface area contributed by atoms with Gasteiger partial charge in [0.2, 0.25) is 0 Å². The lowest BCUT2D eigenvalue weighted by molar-refractivity contribution is -0.150. The average Bonchev–Trinajstić information content (AvgIpc) is 3.01. The topological polar surface area (TPSA) is 55.8 Å². The van der Waals surface area contributed by atoms with Crippen molar-refractivity contribution < 1.29 is 19.1 Å². The summed E-state index contributed by atoms with van der Waals surface area (Å²) in [6.07, 6.45) is 32.2. The van der Waals surface area contributed by atoms with E-state index in [1.807, 2.05) is 0 Å². The molecule has 44 heavy (non-hydrogen) atoms. The molecule has 0 aromatic carbocycles. The lowest BCUT2D eigenvalue weighted by Gasteiger charge is -2.21. The molecule has 0 amide bonds. The number of nitrogens with zero attached hydrogens (tertiary/aromatic N) is 1. The number of unbranched alkanes of at least 4 members (excludes halogenated alkanes) is 18. The Morgan fingerprint density at radius 2 is 0.886 bits per heavy atom. The van der Waals surface area contributed by atoms with Gasteiger partial charge < -0.3 is 14.4 Å². The molecule has 0 heterocycles. The molecule has 0 atom stereocenters. The van der Waals surface area contributed by atoms with Crippen LogP contribution in [-0.2, 0) is 19.1 Å². The van der Waals surface area contributed by atoms with E-state index in [9.17, 15) is 9.59 Å². The Balaban J connectivity index is 4.11. The first-order valence-corrected chi connectivity index (χ1v) is 19.6. The van der Waals surface area contributed by atoms with E-state index in [4.69, 9.17) is 9.47 Å². The molecule has 0 aliphatic rings. The van der Waals surface area contributed by atoms with Crippen LogP contribution in [0.15, 0.2) is 0 Å². The lowest BCUT2D eigenvalue weighted by atomic mass is 10.0. The fraction of sp³-hybridized carbons (Fsp3) is 0.949. The molecule has 262 valence electrons. The second-order valence-electron chi connectivity index (χ2n) is 13.3. The first kappa shape index (κ1) is 42.9. The zero-order valence-corrected chi connectivity index (χ0v) is 30.3. The fourth-order valence-electron chi connectivity index (χ4n) is 5.99. The standard InChI is InChI=1S/C39H77NO4/c1-5-9-12-15-17-22-29-37(30-23-18-16-13-10-6-2)44-39(42)32-25-21-27-35-40(33-8-4)34-26-20-24-31-38(41)43-36-28-19-14-11-7-3/h37H,5-36H2,1-4H3. The van der Waals surface area contributed by atoms with Gasteiger partial charge in [-0.15, -0.1) is 0 Å². The molecule has 5 nitrogen and oxygen atoms in total. The first-order chi connectivity index (χ1) is 21.6. The van der Waals surface area contributed by atoms with Crippen molar-refractivity contribution in [2.75, 3.05) is 26.2 Å². The highest BCUT2D eigenvalue weighted by Gasteiger charge is 2.14. The predicted molar refractivity (Wildman–Crippen MR) is 189 cm³/mol. The van der Waals surface area contributed by atoms with Crippen LogP contribution in [0.5, 0.6) is 0 Å². The quantitative estimate of drug-likeness (QED) is 0.0519. The van der Waals surface area contributed by atoms with Crippen LogP contribution in [0.25, 0.3) is 0 Å². The van der Waals surface area contributed by atoms with Crippen LogP contribution in [0.1, 0.15) is 207 Å². The summed E-state index contributed by atoms with van der Waals surface area (Å²) in [5.41, 5.74) is 0. The average molecular weight is 624 g/mol. The van der Waals surface area contributed by atoms with Crippen LogP contribution < -0.4 is 0 Å². The molecule has 0 radical (unpaired) electrons. The molecule has 0 aromatic rings. The van der Waals surface area contributed by atoms with Crippen molar-refractivity contribution in [3.63, 3.8) is 0 Å². The van der Waals surface area contributed by atoms with Crippen molar-refractivity contribution in [2.24, 2.45) is 0 Å². The van der Waals surface area contributed by atoms with Gasteiger partial charge >= 0.3 is 11.9 Å². The molecule has 0 fully saturated rings. The van der Waals surface area contributed by atoms with Crippen LogP contribution in [0.3, 0.4) is 0 Å². The van der Waals surface area contributed by atoms with Crippen LogP contribution in [0.4, 0.5) is 0 Å². The van der Waals surface area contributed by atoms with Gasteiger partial charge in [-0.2, -0.15) is 0 Å². The second kappa shape index (κ2) is 34.8. The van der Waals surface area contributed by atoms with Crippen molar-refractivity contribution in [1.29, 1.82) is 0 Å². The summed E-state index contributed by atoms with van der Waals surface area (Å²) in [7, 11) is 0. The van der Waals surface area contributed by atoms with Crippen molar-refractivity contribution in [3.05, 3.63) is 0 Å². The third-order valence-corrected chi connectivity index (χ3v) is 8.82. The first-order valence-electron chi connectivity index (χ1n) is 19.6. The molecule has 0 aromatic heterocycles. The highest BCUT2D eigenvalue weighted by molar-refractivity contribution is 5.69. The summed E-state index contributed by atoms with van der Waals surface area (Å²) in [4.78, 5) is 27.2. The molecular formula is C39H77NO4. The molecule has 5 heteroatoms. The van der Waals surface area contributed by atoms with E-state index in [0.717, 1.165) is 90.3 Å². The Morgan fingerprint density at radius 1 is 0.455 bits per heavy atom. The van der Waals surface area contributed by atoms with Gasteiger partial charge in [0.05, 0.1) is 6.61 Å². The van der Waals surface area contributed by atoms with Crippen LogP contribution in [0.2, 0.25) is 0 Å². The predicted octanol–water partition coefficient (Wildman–Crippen LogP) is 11.7. The largest absolute Gasteiger partial charge is 0.466 e. The van der Waals surface area contributed by atoms with E-state index >= 15 is 0 Å². The lowest BCUT2D eigenvalue weighted by Crippen LogP contribution is -2.27. The molecule has 0 saturated heterocycles. The van der Waals surface area contributed by atoms with Gasteiger partial charge in [0, 0.05) is 12.8 Å². The molecule has 0 bridgehead atoms. The number of esters is 2. The molecule has 0 aliphatic carbocycles. The molecule has 0 N–H and O–H groups in total. The van der Waals surface area contributed by atoms with E-state index in [1.165, 1.54) is 96.3 Å². The number of ether oxygens (including phenoxy) is 2. The molecular weight excluding hydrogens is 546 g/mol. The van der Waals surface area contributed by atoms with E-state index in [2.05, 4.69) is 32.6 Å². The number of carbonyl (C=O) groups excluding carboxylic acids is 2. The molecule has 0 unspecified atom stereocenters. The van der Waals surface area contributed by atoms with E-state index in [-0.39, 0.29) is 18.0 Å². The summed E-state index contributed by atoms with van der Waals surface area (Å²) in [5.74, 6) is -0.00651. The van der Waals surface area contributed by atoms with Crippen molar-refractivity contribution in [2.45, 2.75) is 214 Å². The summed E-state index contributed by atoms with van der Waals surface area (Å²) in [6.45, 7) is 12.9. The Kier molecular flexibility index (Phi) is 33.9. The zero-order chi connectivity index (χ0) is 32.4. The normalized spacial score (nSPS) is 11.5. The van der Waals surface area contributed by atoms with Crippen molar-refractivity contribution in [3.8, 4) is 0 Å². The van der Waals surface area contributed by atoms with Gasteiger partial charge in [-0.05, 0) is 83.8 Å². The summed E-state index contributed by atoms with van der Waals surface area (Å²) < 4.78 is 11.4. The van der Waals surface area contributed by atoms with E-state index in [1.54, 1.807) is 0 Å². The summed E-state index contributed by atoms with van der Waals surface area (Å²) in [5, 5.41) is 0. The van der Waals surface area contributed by atoms with Gasteiger partial charge in [0.15, 0.2) is 0 Å². The third-order valence-electron chi connectivity index (χ3n) is 8.82. The van der Waals surface area contributed by atoms with Crippen LogP contribution in [0, 0.1) is 0 Å². The zero-order valence-electron chi connectivity index (χ0n) is 30.3. The Bertz CT molecular complexity index is 595. The summed E-state index contributed by atoms with van der Waals surface area (Å²) >= 11 is 0. The minimum Gasteiger partial charge on any atom is -0.466 e. The van der Waals surface area contributed by atoms with Gasteiger partial charge in [-0.3, -0.25) is 9.59 Å². The van der Waals surface area contributed by atoms with Gasteiger partial charge in [0.25, 0.3) is 0 Å². The monoisotopic (exact) mass is 624 g/mol. The highest BCUT2D eigenvalue weighted by Crippen LogP contribution is 2.18. The SMILES string of the molecule is CCCCCCCCC(CCCCCCCC)OC(=O)CCCCCN(CCC)CCCCCC(=O)OCCCCCCC. The van der Waals surface area contributed by atoms with E-state index < -0.39 is 0 Å². The molecule has 0 rings (SSSR count). The smallest absolute Gasteiger partial charge is 0.306 e. The minimum atomic E-state index is -0.0272. The molecule has 0 aliphatic heterocycles. The Hall–Kier alpha value is -1.10. The fourth-order valence-corrected chi connectivity index (χ4v) is 5.99. The van der Waals surface area contributed by atoms with Gasteiger partial charge in [-0.1, -0.05) is 130 Å².